The lowest BCUT2D eigenvalue weighted by Crippen LogP contribution is -2.38. The number of nitrogens with zero attached hydrogens (tertiary/aromatic N) is 1. The van der Waals surface area contributed by atoms with E-state index in [2.05, 4.69) is 38.3 Å². The van der Waals surface area contributed by atoms with E-state index >= 15 is 0 Å². The molecule has 1 aliphatic heterocycles. The molecule has 116 valence electrons. The predicted octanol–water partition coefficient (Wildman–Crippen LogP) is 2.82. The topological polar surface area (TPSA) is 58.4 Å². The van der Waals surface area contributed by atoms with E-state index in [1.165, 1.54) is 11.3 Å². The smallest absolute Gasteiger partial charge is 0.216 e. The molecule has 5 heteroatoms. The van der Waals surface area contributed by atoms with Gasteiger partial charge in [0.2, 0.25) is 5.91 Å². The lowest BCUT2D eigenvalue weighted by molar-refractivity contribution is -0.119. The average Bonchev–Trinajstić information content (AvgIpc) is 2.45. The fraction of sp³-hybridized carbons (Fsp3) is 0.562. The van der Waals surface area contributed by atoms with E-state index in [0.29, 0.717) is 5.92 Å². The van der Waals surface area contributed by atoms with Gasteiger partial charge in [-0.15, -0.1) is 0 Å². The van der Waals surface area contributed by atoms with Crippen molar-refractivity contribution < 1.29 is 4.79 Å². The second-order valence-corrected chi connectivity index (χ2v) is 6.77. The molecule has 4 nitrogen and oxygen atoms in total. The van der Waals surface area contributed by atoms with Gasteiger partial charge in [-0.2, -0.15) is 0 Å². The van der Waals surface area contributed by atoms with Crippen LogP contribution in [0.1, 0.15) is 38.3 Å². The van der Waals surface area contributed by atoms with Crippen molar-refractivity contribution in [1.29, 1.82) is 0 Å². The van der Waals surface area contributed by atoms with Crippen molar-refractivity contribution in [3.8, 4) is 0 Å². The van der Waals surface area contributed by atoms with Crippen LogP contribution in [-0.2, 0) is 4.79 Å². The molecule has 1 saturated heterocycles. The molecular formula is C16H24BrN3O. The van der Waals surface area contributed by atoms with Gasteiger partial charge >= 0.3 is 0 Å². The van der Waals surface area contributed by atoms with E-state index in [9.17, 15) is 4.79 Å². The summed E-state index contributed by atoms with van der Waals surface area (Å²) in [5.41, 5.74) is 8.52. The summed E-state index contributed by atoms with van der Waals surface area (Å²) >= 11 is 3.55. The molecule has 1 atom stereocenters. The quantitative estimate of drug-likeness (QED) is 0.874. The molecule has 1 aromatic rings. The fourth-order valence-corrected chi connectivity index (χ4v) is 3.19. The second-order valence-electron chi connectivity index (χ2n) is 5.86. The highest BCUT2D eigenvalue weighted by molar-refractivity contribution is 9.10. The molecule has 3 N–H and O–H groups in total. The molecule has 0 aromatic heterocycles. The van der Waals surface area contributed by atoms with E-state index in [1.54, 1.807) is 6.92 Å². The van der Waals surface area contributed by atoms with Gasteiger partial charge < -0.3 is 16.0 Å². The summed E-state index contributed by atoms with van der Waals surface area (Å²) in [4.78, 5) is 13.4. The standard InChI is InChI=1S/C16H24BrN3O/c1-11(18)15-4-3-14(17)9-16(15)20-7-5-13(6-8-20)10-19-12(2)21/h3-4,9,11,13H,5-8,10,18H2,1-2H3,(H,19,21). The first kappa shape index (κ1) is 16.3. The van der Waals surface area contributed by atoms with Crippen molar-refractivity contribution in [2.24, 2.45) is 11.7 Å². The predicted molar refractivity (Wildman–Crippen MR) is 90.4 cm³/mol. The summed E-state index contributed by atoms with van der Waals surface area (Å²) < 4.78 is 1.09. The second kappa shape index (κ2) is 7.27. The van der Waals surface area contributed by atoms with Crippen LogP contribution in [0.3, 0.4) is 0 Å². The Morgan fingerprint density at radius 1 is 1.48 bits per heavy atom. The first-order chi connectivity index (χ1) is 9.97. The van der Waals surface area contributed by atoms with Crippen LogP contribution < -0.4 is 16.0 Å². The maximum atomic E-state index is 11.0. The summed E-state index contributed by atoms with van der Waals surface area (Å²) in [6.07, 6.45) is 2.20. The maximum absolute atomic E-state index is 11.0. The Labute approximate surface area is 135 Å². The maximum Gasteiger partial charge on any atom is 0.216 e. The van der Waals surface area contributed by atoms with Gasteiger partial charge in [0.05, 0.1) is 0 Å². The van der Waals surface area contributed by atoms with Crippen LogP contribution in [0.15, 0.2) is 22.7 Å². The molecule has 0 spiro atoms. The molecule has 1 amide bonds. The molecule has 1 heterocycles. The largest absolute Gasteiger partial charge is 0.371 e. The van der Waals surface area contributed by atoms with Gasteiger partial charge in [0, 0.05) is 42.8 Å². The summed E-state index contributed by atoms with van der Waals surface area (Å²) in [7, 11) is 0. The van der Waals surface area contributed by atoms with E-state index in [0.717, 1.165) is 36.9 Å². The zero-order chi connectivity index (χ0) is 15.4. The zero-order valence-corrected chi connectivity index (χ0v) is 14.3. The highest BCUT2D eigenvalue weighted by Gasteiger charge is 2.22. The third-order valence-electron chi connectivity index (χ3n) is 4.08. The van der Waals surface area contributed by atoms with Crippen molar-refractivity contribution in [2.75, 3.05) is 24.5 Å². The number of halogens is 1. The molecule has 1 aliphatic rings. The minimum Gasteiger partial charge on any atom is -0.371 e. The number of anilines is 1. The lowest BCUT2D eigenvalue weighted by atomic mass is 9.95. The summed E-state index contributed by atoms with van der Waals surface area (Å²) in [5.74, 6) is 0.639. The van der Waals surface area contributed by atoms with Crippen LogP contribution in [0.2, 0.25) is 0 Å². The summed E-state index contributed by atoms with van der Waals surface area (Å²) in [5, 5.41) is 2.92. The van der Waals surface area contributed by atoms with Crippen LogP contribution in [0.4, 0.5) is 5.69 Å². The number of benzene rings is 1. The molecule has 0 radical (unpaired) electrons. The van der Waals surface area contributed by atoms with Crippen molar-refractivity contribution >= 4 is 27.5 Å². The van der Waals surface area contributed by atoms with Gasteiger partial charge in [-0.3, -0.25) is 4.79 Å². The Balaban J connectivity index is 2.02. The number of hydrogen-bond donors (Lipinski definition) is 2. The molecule has 21 heavy (non-hydrogen) atoms. The zero-order valence-electron chi connectivity index (χ0n) is 12.7. The molecule has 0 bridgehead atoms. The number of nitrogens with one attached hydrogen (secondary N) is 1. The Bertz CT molecular complexity index is 496. The summed E-state index contributed by atoms with van der Waals surface area (Å²) in [6.45, 7) is 6.42. The Morgan fingerprint density at radius 2 is 2.14 bits per heavy atom. The van der Waals surface area contributed by atoms with Crippen LogP contribution in [0.25, 0.3) is 0 Å². The minimum atomic E-state index is 0.0326. The average molecular weight is 354 g/mol. The monoisotopic (exact) mass is 353 g/mol. The molecular weight excluding hydrogens is 330 g/mol. The van der Waals surface area contributed by atoms with Gasteiger partial charge in [-0.25, -0.2) is 0 Å². The number of amides is 1. The van der Waals surface area contributed by atoms with E-state index in [-0.39, 0.29) is 11.9 Å². The third-order valence-corrected chi connectivity index (χ3v) is 4.57. The molecule has 0 saturated carbocycles. The molecule has 1 aromatic carbocycles. The van der Waals surface area contributed by atoms with Gasteiger partial charge in [0.25, 0.3) is 0 Å². The number of carbonyl (C=O) groups is 1. The van der Waals surface area contributed by atoms with E-state index in [4.69, 9.17) is 5.73 Å². The third kappa shape index (κ3) is 4.45. The highest BCUT2D eigenvalue weighted by atomic mass is 79.9. The van der Waals surface area contributed by atoms with E-state index < -0.39 is 0 Å². The van der Waals surface area contributed by atoms with Crippen LogP contribution in [-0.4, -0.2) is 25.5 Å². The number of piperidine rings is 1. The highest BCUT2D eigenvalue weighted by Crippen LogP contribution is 2.31. The SMILES string of the molecule is CC(=O)NCC1CCN(c2cc(Br)ccc2C(C)N)CC1. The number of carbonyl (C=O) groups excluding carboxylic acids is 1. The van der Waals surface area contributed by atoms with Gasteiger partial charge in [0.15, 0.2) is 0 Å². The molecule has 1 unspecified atom stereocenters. The van der Waals surface area contributed by atoms with Crippen molar-refractivity contribution in [2.45, 2.75) is 32.7 Å². The van der Waals surface area contributed by atoms with Gasteiger partial charge in [0.1, 0.15) is 0 Å². The fourth-order valence-electron chi connectivity index (χ4n) is 2.84. The Morgan fingerprint density at radius 3 is 2.71 bits per heavy atom. The van der Waals surface area contributed by atoms with Crippen LogP contribution in [0, 0.1) is 5.92 Å². The number of hydrogen-bond acceptors (Lipinski definition) is 3. The van der Waals surface area contributed by atoms with Gasteiger partial charge in [-0.1, -0.05) is 22.0 Å². The summed E-state index contributed by atoms with van der Waals surface area (Å²) in [6, 6.07) is 6.34. The van der Waals surface area contributed by atoms with Crippen molar-refractivity contribution in [3.05, 3.63) is 28.2 Å². The first-order valence-electron chi connectivity index (χ1n) is 7.51. The number of nitrogens with two attached hydrogens (primary N) is 1. The first-order valence-corrected chi connectivity index (χ1v) is 8.31. The molecule has 2 rings (SSSR count). The normalized spacial score (nSPS) is 17.6. The Hall–Kier alpha value is -1.07. The lowest BCUT2D eigenvalue weighted by Gasteiger charge is -2.35. The molecule has 1 fully saturated rings. The Kier molecular flexibility index (Phi) is 5.65. The van der Waals surface area contributed by atoms with Gasteiger partial charge in [-0.05, 0) is 43.4 Å². The van der Waals surface area contributed by atoms with E-state index in [1.807, 2.05) is 13.0 Å². The van der Waals surface area contributed by atoms with Crippen molar-refractivity contribution in [1.82, 2.24) is 5.32 Å². The van der Waals surface area contributed by atoms with Crippen LogP contribution in [0.5, 0.6) is 0 Å². The minimum absolute atomic E-state index is 0.0326. The van der Waals surface area contributed by atoms with Crippen LogP contribution >= 0.6 is 15.9 Å². The van der Waals surface area contributed by atoms with Crippen molar-refractivity contribution in [3.63, 3.8) is 0 Å². The molecule has 0 aliphatic carbocycles. The number of rotatable bonds is 4.